The van der Waals surface area contributed by atoms with Gasteiger partial charge in [0.1, 0.15) is 5.75 Å². The minimum absolute atomic E-state index is 0.133. The number of halogens is 4. The highest BCUT2D eigenvalue weighted by Gasteiger charge is 2.44. The van der Waals surface area contributed by atoms with Crippen molar-refractivity contribution in [3.63, 3.8) is 0 Å². The van der Waals surface area contributed by atoms with E-state index in [2.05, 4.69) is 19.7 Å². The van der Waals surface area contributed by atoms with E-state index in [1.807, 2.05) is 6.92 Å². The van der Waals surface area contributed by atoms with Crippen LogP contribution in [0.1, 0.15) is 11.3 Å². The first-order valence-corrected chi connectivity index (χ1v) is 9.27. The second-order valence-corrected chi connectivity index (χ2v) is 6.86. The number of ether oxygens (including phenoxy) is 3. The molecule has 0 aliphatic carbocycles. The van der Waals surface area contributed by atoms with Gasteiger partial charge in [-0.25, -0.2) is 4.98 Å². The van der Waals surface area contributed by atoms with E-state index in [-0.39, 0.29) is 5.75 Å². The number of nitrogens with one attached hydrogen (secondary N) is 1. The predicted octanol–water partition coefficient (Wildman–Crippen LogP) is 4.81. The van der Waals surface area contributed by atoms with Gasteiger partial charge in [0.2, 0.25) is 0 Å². The Morgan fingerprint density at radius 2 is 1.86 bits per heavy atom. The first-order chi connectivity index (χ1) is 13.7. The highest BCUT2D eigenvalue weighted by Crippen LogP contribution is 2.37. The first-order valence-electron chi connectivity index (χ1n) is 8.29. The number of methoxy groups -OCH3 is 2. The molecule has 1 aromatic carbocycles. The fraction of sp³-hybridized carbons (Fsp3) is 0.333. The van der Waals surface area contributed by atoms with Gasteiger partial charge in [0, 0.05) is 29.6 Å². The molecule has 156 valence electrons. The Balaban J connectivity index is 1.85. The molecule has 0 spiro atoms. The van der Waals surface area contributed by atoms with Crippen LogP contribution < -0.4 is 14.2 Å². The summed E-state index contributed by atoms with van der Waals surface area (Å²) in [6.45, 7) is 1.89. The second kappa shape index (κ2) is 8.36. The smallest absolute Gasteiger partial charge is 0.461 e. The van der Waals surface area contributed by atoms with Crippen LogP contribution in [0.15, 0.2) is 29.6 Å². The summed E-state index contributed by atoms with van der Waals surface area (Å²) in [5, 5.41) is 0.490. The Labute approximate surface area is 167 Å². The topological polar surface area (TPSA) is 69.3 Å². The molecule has 0 radical (unpaired) electrons. The van der Waals surface area contributed by atoms with E-state index < -0.39 is 18.3 Å². The summed E-state index contributed by atoms with van der Waals surface area (Å²) in [6.07, 6.45) is -6.99. The zero-order valence-electron chi connectivity index (χ0n) is 15.6. The van der Waals surface area contributed by atoms with Crippen molar-refractivity contribution in [3.05, 3.63) is 35.7 Å². The van der Waals surface area contributed by atoms with Gasteiger partial charge in [-0.2, -0.15) is 17.6 Å². The number of pyridine rings is 1. The van der Waals surface area contributed by atoms with Crippen molar-refractivity contribution in [1.82, 2.24) is 15.0 Å². The Bertz CT molecular complexity index is 1010. The number of thioether (sulfide) groups is 1. The summed E-state index contributed by atoms with van der Waals surface area (Å²) in [5.41, 5.74) is 2.44. The number of aromatic amines is 1. The monoisotopic (exact) mass is 431 g/mol. The van der Waals surface area contributed by atoms with E-state index in [1.54, 1.807) is 19.4 Å². The van der Waals surface area contributed by atoms with E-state index in [9.17, 15) is 17.6 Å². The standard InChI is InChI=1S/C18H17F4N3O3S/c1-9-12(23-5-4-13(9)26-2)8-29-17-24-10-6-14(27-3)15(7-11(10)25-17)28-18(21,22)16(19)20/h4-7,16H,8H2,1-3H3,(H,24,25). The maximum absolute atomic E-state index is 13.3. The molecule has 11 heteroatoms. The Kier molecular flexibility index (Phi) is 6.06. The lowest BCUT2D eigenvalue weighted by Crippen LogP contribution is -2.33. The van der Waals surface area contributed by atoms with Crippen LogP contribution >= 0.6 is 11.8 Å². The van der Waals surface area contributed by atoms with Gasteiger partial charge in [-0.1, -0.05) is 11.8 Å². The maximum Gasteiger partial charge on any atom is 0.461 e. The molecule has 0 aliphatic heterocycles. The zero-order chi connectivity index (χ0) is 21.2. The van der Waals surface area contributed by atoms with Crippen LogP contribution in [-0.4, -0.2) is 41.7 Å². The van der Waals surface area contributed by atoms with Crippen molar-refractivity contribution in [1.29, 1.82) is 0 Å². The average molecular weight is 431 g/mol. The van der Waals surface area contributed by atoms with Gasteiger partial charge in [0.25, 0.3) is 0 Å². The summed E-state index contributed by atoms with van der Waals surface area (Å²) >= 11 is 1.34. The number of imidazole rings is 1. The van der Waals surface area contributed by atoms with Crippen LogP contribution in [-0.2, 0) is 5.75 Å². The first kappa shape index (κ1) is 21.0. The molecule has 3 aromatic rings. The highest BCUT2D eigenvalue weighted by atomic mass is 32.2. The molecule has 0 unspecified atom stereocenters. The third-order valence-electron chi connectivity index (χ3n) is 4.07. The minimum atomic E-state index is -4.64. The molecule has 0 bridgehead atoms. The zero-order valence-corrected chi connectivity index (χ0v) is 16.4. The molecular formula is C18H17F4N3O3S. The molecule has 2 heterocycles. The summed E-state index contributed by atoms with van der Waals surface area (Å²) in [4.78, 5) is 11.6. The van der Waals surface area contributed by atoms with Crippen molar-refractivity contribution in [2.75, 3.05) is 14.2 Å². The quantitative estimate of drug-likeness (QED) is 0.408. The lowest BCUT2D eigenvalue weighted by Gasteiger charge is -2.18. The fourth-order valence-electron chi connectivity index (χ4n) is 2.56. The van der Waals surface area contributed by atoms with Gasteiger partial charge >= 0.3 is 12.5 Å². The number of aromatic nitrogens is 3. The summed E-state index contributed by atoms with van der Waals surface area (Å²) in [5.74, 6) is 0.543. The molecule has 0 aliphatic rings. The van der Waals surface area contributed by atoms with Crippen LogP contribution in [0.3, 0.4) is 0 Å². The highest BCUT2D eigenvalue weighted by molar-refractivity contribution is 7.98. The lowest BCUT2D eigenvalue weighted by molar-refractivity contribution is -0.253. The third kappa shape index (κ3) is 4.50. The predicted molar refractivity (Wildman–Crippen MR) is 99.3 cm³/mol. The van der Waals surface area contributed by atoms with Crippen molar-refractivity contribution >= 4 is 22.8 Å². The third-order valence-corrected chi connectivity index (χ3v) is 4.95. The van der Waals surface area contributed by atoms with Gasteiger partial charge in [0.15, 0.2) is 16.7 Å². The molecule has 0 atom stereocenters. The normalized spacial score (nSPS) is 11.9. The molecule has 0 fully saturated rings. The van der Waals surface area contributed by atoms with E-state index in [1.165, 1.54) is 24.9 Å². The van der Waals surface area contributed by atoms with Gasteiger partial charge in [0.05, 0.1) is 30.9 Å². The van der Waals surface area contributed by atoms with E-state index in [0.29, 0.717) is 27.7 Å². The van der Waals surface area contributed by atoms with Gasteiger partial charge < -0.3 is 19.2 Å². The number of fused-ring (bicyclic) bond motifs is 1. The lowest BCUT2D eigenvalue weighted by atomic mass is 10.2. The molecular weight excluding hydrogens is 414 g/mol. The Hall–Kier alpha value is -2.69. The van der Waals surface area contributed by atoms with Crippen LogP contribution in [0.25, 0.3) is 11.0 Å². The fourth-order valence-corrected chi connectivity index (χ4v) is 3.47. The maximum atomic E-state index is 13.3. The van der Waals surface area contributed by atoms with Crippen molar-refractivity contribution in [2.45, 2.75) is 30.4 Å². The van der Waals surface area contributed by atoms with E-state index >= 15 is 0 Å². The molecule has 29 heavy (non-hydrogen) atoms. The number of H-pyrrole nitrogens is 1. The average Bonchev–Trinajstić information content (AvgIpc) is 3.07. The molecule has 0 amide bonds. The van der Waals surface area contributed by atoms with Crippen LogP contribution in [0.2, 0.25) is 0 Å². The van der Waals surface area contributed by atoms with Gasteiger partial charge in [-0.15, -0.1) is 0 Å². The summed E-state index contributed by atoms with van der Waals surface area (Å²) in [7, 11) is 2.79. The summed E-state index contributed by atoms with van der Waals surface area (Å²) in [6, 6.07) is 4.24. The van der Waals surface area contributed by atoms with E-state index in [4.69, 9.17) is 9.47 Å². The van der Waals surface area contributed by atoms with Crippen molar-refractivity contribution < 1.29 is 31.8 Å². The van der Waals surface area contributed by atoms with E-state index in [0.717, 1.165) is 17.3 Å². The Morgan fingerprint density at radius 1 is 1.14 bits per heavy atom. The molecule has 6 nitrogen and oxygen atoms in total. The molecule has 0 saturated carbocycles. The molecule has 1 N–H and O–H groups in total. The summed E-state index contributed by atoms with van der Waals surface area (Å²) < 4.78 is 65.9. The minimum Gasteiger partial charge on any atom is -0.496 e. The largest absolute Gasteiger partial charge is 0.496 e. The molecule has 3 rings (SSSR count). The van der Waals surface area contributed by atoms with Crippen LogP contribution in [0.4, 0.5) is 17.6 Å². The van der Waals surface area contributed by atoms with Crippen LogP contribution in [0.5, 0.6) is 17.2 Å². The number of hydrogen-bond donors (Lipinski definition) is 1. The van der Waals surface area contributed by atoms with Crippen molar-refractivity contribution in [3.8, 4) is 17.2 Å². The van der Waals surface area contributed by atoms with Crippen LogP contribution in [0, 0.1) is 6.92 Å². The number of hydrogen-bond acceptors (Lipinski definition) is 6. The number of alkyl halides is 4. The van der Waals surface area contributed by atoms with Gasteiger partial charge in [-0.3, -0.25) is 4.98 Å². The number of nitrogens with zero attached hydrogens (tertiary/aromatic N) is 2. The van der Waals surface area contributed by atoms with Crippen molar-refractivity contribution in [2.24, 2.45) is 0 Å². The SMILES string of the molecule is COc1cc2nc(SCc3nccc(OC)c3C)[nH]c2cc1OC(F)(F)C(F)F. The Morgan fingerprint density at radius 3 is 2.52 bits per heavy atom. The molecule has 2 aromatic heterocycles. The number of rotatable bonds is 8. The van der Waals surface area contributed by atoms with Gasteiger partial charge in [-0.05, 0) is 13.0 Å². The molecule has 0 saturated heterocycles. The second-order valence-electron chi connectivity index (χ2n) is 5.90. The number of benzene rings is 1.